The summed E-state index contributed by atoms with van der Waals surface area (Å²) in [6.07, 6.45) is 1.66. The standard InChI is InChI=1S/C8H6N4S/c1-4-5(2-9)7-6(3-11-4)8(10)13-12-7/h3H,10H2,1H3. The van der Waals surface area contributed by atoms with Crippen LogP contribution in [0.15, 0.2) is 6.20 Å². The van der Waals surface area contributed by atoms with Crippen LogP contribution >= 0.6 is 11.5 Å². The van der Waals surface area contributed by atoms with Crippen molar-refractivity contribution in [3.8, 4) is 6.07 Å². The van der Waals surface area contributed by atoms with Crippen molar-refractivity contribution in [3.05, 3.63) is 17.5 Å². The lowest BCUT2D eigenvalue weighted by atomic mass is 10.1. The first-order chi connectivity index (χ1) is 6.24. The van der Waals surface area contributed by atoms with Crippen molar-refractivity contribution in [2.24, 2.45) is 0 Å². The molecule has 2 N–H and O–H groups in total. The number of nitriles is 1. The summed E-state index contributed by atoms with van der Waals surface area (Å²) >= 11 is 1.19. The van der Waals surface area contributed by atoms with E-state index in [1.165, 1.54) is 11.5 Å². The predicted octanol–water partition coefficient (Wildman–Crippen LogP) is 1.45. The topological polar surface area (TPSA) is 75.6 Å². The largest absolute Gasteiger partial charge is 0.389 e. The third kappa shape index (κ3) is 1.03. The Morgan fingerprint density at radius 1 is 1.62 bits per heavy atom. The molecule has 2 aromatic rings. The van der Waals surface area contributed by atoms with Gasteiger partial charge in [-0.2, -0.15) is 9.64 Å². The number of pyridine rings is 1. The molecule has 0 aliphatic rings. The maximum absolute atomic E-state index is 8.86. The van der Waals surface area contributed by atoms with E-state index in [9.17, 15) is 0 Å². The Hall–Kier alpha value is -1.67. The number of aromatic nitrogens is 2. The minimum atomic E-state index is 0.519. The van der Waals surface area contributed by atoms with E-state index in [0.29, 0.717) is 21.8 Å². The minimum Gasteiger partial charge on any atom is -0.389 e. The molecular weight excluding hydrogens is 184 g/mol. The van der Waals surface area contributed by atoms with E-state index in [0.717, 1.165) is 5.39 Å². The molecule has 0 fully saturated rings. The van der Waals surface area contributed by atoms with Gasteiger partial charge in [-0.3, -0.25) is 4.98 Å². The van der Waals surface area contributed by atoms with E-state index in [-0.39, 0.29) is 0 Å². The summed E-state index contributed by atoms with van der Waals surface area (Å²) in [5.74, 6) is 0. The predicted molar refractivity (Wildman–Crippen MR) is 51.3 cm³/mol. The second-order valence-electron chi connectivity index (χ2n) is 2.64. The van der Waals surface area contributed by atoms with Gasteiger partial charge >= 0.3 is 0 Å². The molecule has 0 aromatic carbocycles. The molecule has 2 aromatic heterocycles. The second kappa shape index (κ2) is 2.68. The molecule has 0 unspecified atom stereocenters. The van der Waals surface area contributed by atoms with Crippen LogP contribution in [0.3, 0.4) is 0 Å². The van der Waals surface area contributed by atoms with Crippen LogP contribution in [-0.4, -0.2) is 9.36 Å². The summed E-state index contributed by atoms with van der Waals surface area (Å²) in [7, 11) is 0. The summed E-state index contributed by atoms with van der Waals surface area (Å²) in [5, 5.41) is 10.2. The maximum Gasteiger partial charge on any atom is 0.116 e. The van der Waals surface area contributed by atoms with Gasteiger partial charge in [0.25, 0.3) is 0 Å². The molecule has 0 aliphatic heterocycles. The Kier molecular flexibility index (Phi) is 1.64. The SMILES string of the molecule is Cc1ncc2c(N)snc2c1C#N. The van der Waals surface area contributed by atoms with Crippen molar-refractivity contribution < 1.29 is 0 Å². The van der Waals surface area contributed by atoms with E-state index in [2.05, 4.69) is 15.4 Å². The molecule has 2 heterocycles. The van der Waals surface area contributed by atoms with Gasteiger partial charge in [-0.1, -0.05) is 0 Å². The normalized spacial score (nSPS) is 10.2. The van der Waals surface area contributed by atoms with Crippen LogP contribution in [0.2, 0.25) is 0 Å². The quantitative estimate of drug-likeness (QED) is 0.682. The molecule has 2 rings (SSSR count). The van der Waals surface area contributed by atoms with E-state index >= 15 is 0 Å². The molecule has 5 heteroatoms. The van der Waals surface area contributed by atoms with Crippen molar-refractivity contribution in [2.75, 3.05) is 5.73 Å². The van der Waals surface area contributed by atoms with Crippen LogP contribution in [0.1, 0.15) is 11.3 Å². The highest BCUT2D eigenvalue weighted by Crippen LogP contribution is 2.26. The molecular formula is C8H6N4S. The first kappa shape index (κ1) is 7.95. The number of anilines is 1. The highest BCUT2D eigenvalue weighted by atomic mass is 32.1. The molecule has 4 nitrogen and oxygen atoms in total. The van der Waals surface area contributed by atoms with E-state index in [4.69, 9.17) is 11.0 Å². The summed E-state index contributed by atoms with van der Waals surface area (Å²) in [5.41, 5.74) is 7.53. The number of rotatable bonds is 0. The summed E-state index contributed by atoms with van der Waals surface area (Å²) in [6, 6.07) is 2.08. The minimum absolute atomic E-state index is 0.519. The number of aryl methyl sites for hydroxylation is 1. The monoisotopic (exact) mass is 190 g/mol. The van der Waals surface area contributed by atoms with E-state index in [1.54, 1.807) is 13.1 Å². The van der Waals surface area contributed by atoms with Crippen molar-refractivity contribution in [1.29, 1.82) is 5.26 Å². The molecule has 0 radical (unpaired) electrons. The molecule has 0 atom stereocenters. The van der Waals surface area contributed by atoms with Gasteiger partial charge in [0.1, 0.15) is 22.2 Å². The van der Waals surface area contributed by atoms with Crippen molar-refractivity contribution in [2.45, 2.75) is 6.92 Å². The number of fused-ring (bicyclic) bond motifs is 1. The molecule has 0 bridgehead atoms. The number of hydrogen-bond acceptors (Lipinski definition) is 5. The molecule has 0 amide bonds. The maximum atomic E-state index is 8.86. The molecule has 0 saturated carbocycles. The Bertz CT molecular complexity index is 509. The second-order valence-corrected chi connectivity index (χ2v) is 3.44. The van der Waals surface area contributed by atoms with Gasteiger partial charge in [-0.05, 0) is 18.5 Å². The fourth-order valence-corrected chi connectivity index (χ4v) is 1.77. The first-order valence-corrected chi connectivity index (χ1v) is 4.42. The van der Waals surface area contributed by atoms with Crippen LogP contribution in [0.4, 0.5) is 5.00 Å². The zero-order valence-electron chi connectivity index (χ0n) is 6.90. The van der Waals surface area contributed by atoms with E-state index < -0.39 is 0 Å². The van der Waals surface area contributed by atoms with Crippen LogP contribution in [0, 0.1) is 18.3 Å². The molecule has 64 valence electrons. The zero-order chi connectivity index (χ0) is 9.42. The Morgan fingerprint density at radius 2 is 2.38 bits per heavy atom. The fourth-order valence-electron chi connectivity index (χ4n) is 1.15. The number of nitrogens with two attached hydrogens (primary N) is 1. The number of hydrogen-bond donors (Lipinski definition) is 1. The lowest BCUT2D eigenvalue weighted by Gasteiger charge is -1.95. The first-order valence-electron chi connectivity index (χ1n) is 3.64. The average molecular weight is 190 g/mol. The van der Waals surface area contributed by atoms with Gasteiger partial charge in [-0.15, -0.1) is 0 Å². The lowest BCUT2D eigenvalue weighted by Crippen LogP contribution is -1.89. The van der Waals surface area contributed by atoms with E-state index in [1.807, 2.05) is 0 Å². The molecule has 0 aliphatic carbocycles. The van der Waals surface area contributed by atoms with Gasteiger partial charge in [0.2, 0.25) is 0 Å². The highest BCUT2D eigenvalue weighted by molar-refractivity contribution is 7.11. The van der Waals surface area contributed by atoms with Crippen LogP contribution in [0.25, 0.3) is 10.9 Å². The Labute approximate surface area is 78.8 Å². The van der Waals surface area contributed by atoms with Gasteiger partial charge in [-0.25, -0.2) is 0 Å². The fraction of sp³-hybridized carbons (Fsp3) is 0.125. The smallest absolute Gasteiger partial charge is 0.116 e. The third-order valence-electron chi connectivity index (χ3n) is 1.85. The number of nitrogen functional groups attached to an aromatic ring is 1. The average Bonchev–Trinajstić information content (AvgIpc) is 2.48. The van der Waals surface area contributed by atoms with Crippen LogP contribution < -0.4 is 5.73 Å². The van der Waals surface area contributed by atoms with Gasteiger partial charge in [0.05, 0.1) is 11.1 Å². The zero-order valence-corrected chi connectivity index (χ0v) is 7.72. The van der Waals surface area contributed by atoms with Crippen LogP contribution in [-0.2, 0) is 0 Å². The lowest BCUT2D eigenvalue weighted by molar-refractivity contribution is 1.20. The van der Waals surface area contributed by atoms with Crippen LogP contribution in [0.5, 0.6) is 0 Å². The van der Waals surface area contributed by atoms with Gasteiger partial charge in [0, 0.05) is 6.20 Å². The summed E-state index contributed by atoms with van der Waals surface area (Å²) in [6.45, 7) is 1.79. The number of nitrogens with zero attached hydrogens (tertiary/aromatic N) is 3. The highest BCUT2D eigenvalue weighted by Gasteiger charge is 2.10. The Morgan fingerprint density at radius 3 is 3.08 bits per heavy atom. The molecule has 13 heavy (non-hydrogen) atoms. The third-order valence-corrected chi connectivity index (χ3v) is 2.54. The van der Waals surface area contributed by atoms with Gasteiger partial charge < -0.3 is 5.73 Å². The molecule has 0 spiro atoms. The molecule has 0 saturated heterocycles. The summed E-state index contributed by atoms with van der Waals surface area (Å²) < 4.78 is 4.10. The summed E-state index contributed by atoms with van der Waals surface area (Å²) in [4.78, 5) is 4.08. The van der Waals surface area contributed by atoms with Gasteiger partial charge in [0.15, 0.2) is 0 Å². The van der Waals surface area contributed by atoms with Crippen molar-refractivity contribution >= 4 is 27.4 Å². The van der Waals surface area contributed by atoms with Crippen molar-refractivity contribution in [3.63, 3.8) is 0 Å². The van der Waals surface area contributed by atoms with Crippen molar-refractivity contribution in [1.82, 2.24) is 9.36 Å². The Balaban J connectivity index is 2.95.